The molecule has 2 N–H and O–H groups in total. The van der Waals surface area contributed by atoms with Crippen LogP contribution < -0.4 is 5.32 Å². The van der Waals surface area contributed by atoms with Gasteiger partial charge in [0.1, 0.15) is 5.75 Å². The van der Waals surface area contributed by atoms with Crippen LogP contribution >= 0.6 is 0 Å². The van der Waals surface area contributed by atoms with Crippen molar-refractivity contribution in [1.29, 1.82) is 0 Å². The van der Waals surface area contributed by atoms with Crippen LogP contribution in [0, 0.1) is 23.7 Å². The lowest BCUT2D eigenvalue weighted by Gasteiger charge is -2.48. The lowest BCUT2D eigenvalue weighted by molar-refractivity contribution is 0.148. The molecule has 0 saturated carbocycles. The molecule has 2 heteroatoms. The topological polar surface area (TPSA) is 32.3 Å². The first-order chi connectivity index (χ1) is 11.3. The van der Waals surface area contributed by atoms with Gasteiger partial charge in [-0.05, 0) is 30.0 Å². The maximum Gasteiger partial charge on any atom is 0.115 e. The van der Waals surface area contributed by atoms with E-state index in [1.807, 2.05) is 12.1 Å². The van der Waals surface area contributed by atoms with Crippen molar-refractivity contribution in [3.8, 4) is 5.75 Å². The first kappa shape index (κ1) is 13.4. The summed E-state index contributed by atoms with van der Waals surface area (Å²) >= 11 is 0. The van der Waals surface area contributed by atoms with Crippen molar-refractivity contribution >= 4 is 0 Å². The molecule has 2 nitrogen and oxygen atoms in total. The number of phenols is 1. The van der Waals surface area contributed by atoms with Crippen LogP contribution in [-0.2, 0) is 5.54 Å². The number of hydrogen-bond donors (Lipinski definition) is 2. The molecular weight excluding hydrogens is 282 g/mol. The zero-order valence-corrected chi connectivity index (χ0v) is 13.0. The van der Waals surface area contributed by atoms with E-state index in [2.05, 4.69) is 66.1 Å². The van der Waals surface area contributed by atoms with E-state index in [4.69, 9.17) is 0 Å². The molecular formula is C21H21NO. The Hall–Kier alpha value is -2.06. The molecule has 2 heterocycles. The largest absolute Gasteiger partial charge is 0.508 e. The molecule has 2 aliphatic heterocycles. The quantitative estimate of drug-likeness (QED) is 0.829. The molecule has 23 heavy (non-hydrogen) atoms. The van der Waals surface area contributed by atoms with Crippen molar-refractivity contribution < 1.29 is 5.11 Å². The van der Waals surface area contributed by atoms with Crippen LogP contribution in [0.15, 0.2) is 72.9 Å². The van der Waals surface area contributed by atoms with Crippen molar-refractivity contribution in [3.05, 3.63) is 78.4 Å². The van der Waals surface area contributed by atoms with Crippen LogP contribution in [0.4, 0.5) is 0 Å². The smallest absolute Gasteiger partial charge is 0.115 e. The number of piperidine rings is 1. The molecule has 4 aliphatic rings. The molecule has 116 valence electrons. The van der Waals surface area contributed by atoms with Gasteiger partial charge in [0.2, 0.25) is 0 Å². The van der Waals surface area contributed by atoms with Gasteiger partial charge in [-0.1, -0.05) is 60.7 Å². The standard InChI is InChI=1S/C21H21NO/c23-16-11-9-15(10-12-16)21-18-7-3-1-5-14(18)13-20(22-21)17-6-2-4-8-19(17)21/h1-12,14,17-20,22-23H,13H2. The Bertz CT molecular complexity index is 730. The minimum Gasteiger partial charge on any atom is -0.508 e. The van der Waals surface area contributed by atoms with Crippen LogP contribution in [0.2, 0.25) is 0 Å². The highest BCUT2D eigenvalue weighted by Gasteiger charge is 2.60. The van der Waals surface area contributed by atoms with Crippen molar-refractivity contribution in [1.82, 2.24) is 5.32 Å². The highest BCUT2D eigenvalue weighted by atomic mass is 16.3. The second-order valence-electron chi connectivity index (χ2n) is 7.23. The van der Waals surface area contributed by atoms with Gasteiger partial charge in [0.15, 0.2) is 0 Å². The second kappa shape index (κ2) is 4.72. The van der Waals surface area contributed by atoms with Gasteiger partial charge < -0.3 is 10.4 Å². The molecule has 6 unspecified atom stereocenters. The third-order valence-electron chi connectivity index (χ3n) is 6.24. The van der Waals surface area contributed by atoms with Crippen LogP contribution in [0.3, 0.4) is 0 Å². The number of phenolic OH excluding ortho intramolecular Hbond substituents is 1. The number of benzene rings is 1. The normalized spacial score (nSPS) is 42.5. The molecule has 2 fully saturated rings. The fraction of sp³-hybridized carbons (Fsp3) is 0.333. The third-order valence-corrected chi connectivity index (χ3v) is 6.24. The Kier molecular flexibility index (Phi) is 2.75. The molecule has 6 atom stereocenters. The van der Waals surface area contributed by atoms with Crippen molar-refractivity contribution in [2.75, 3.05) is 0 Å². The molecule has 0 spiro atoms. The van der Waals surface area contributed by atoms with Crippen molar-refractivity contribution in [2.24, 2.45) is 23.7 Å². The molecule has 0 aromatic heterocycles. The monoisotopic (exact) mass is 303 g/mol. The first-order valence-electron chi connectivity index (χ1n) is 8.56. The van der Waals surface area contributed by atoms with Crippen LogP contribution in [0.25, 0.3) is 0 Å². The van der Waals surface area contributed by atoms with Crippen molar-refractivity contribution in [3.63, 3.8) is 0 Å². The van der Waals surface area contributed by atoms with Gasteiger partial charge in [0.05, 0.1) is 5.54 Å². The number of fused-ring (bicyclic) bond motifs is 7. The van der Waals surface area contributed by atoms with Gasteiger partial charge in [0, 0.05) is 23.8 Å². The van der Waals surface area contributed by atoms with E-state index in [-0.39, 0.29) is 5.54 Å². The minimum absolute atomic E-state index is 0.0749. The highest BCUT2D eigenvalue weighted by molar-refractivity contribution is 5.42. The van der Waals surface area contributed by atoms with Gasteiger partial charge in [-0.15, -0.1) is 0 Å². The summed E-state index contributed by atoms with van der Waals surface area (Å²) in [7, 11) is 0. The molecule has 0 radical (unpaired) electrons. The Labute approximate surface area is 136 Å². The summed E-state index contributed by atoms with van der Waals surface area (Å²) in [5, 5.41) is 13.7. The van der Waals surface area contributed by atoms with Crippen LogP contribution in [0.1, 0.15) is 12.0 Å². The number of nitrogens with one attached hydrogen (secondary N) is 1. The molecule has 0 amide bonds. The lowest BCUT2D eigenvalue weighted by Crippen LogP contribution is -2.55. The van der Waals surface area contributed by atoms with E-state index in [1.165, 1.54) is 12.0 Å². The van der Waals surface area contributed by atoms with E-state index in [9.17, 15) is 5.11 Å². The van der Waals surface area contributed by atoms with Crippen LogP contribution in [0.5, 0.6) is 5.75 Å². The SMILES string of the molecule is Oc1ccc(C23NC(CC4C=CC=CC42)C2C=CC=CC23)cc1. The molecule has 5 rings (SSSR count). The van der Waals surface area contributed by atoms with Crippen LogP contribution in [-0.4, -0.2) is 11.1 Å². The fourth-order valence-electron chi connectivity index (χ4n) is 5.36. The summed E-state index contributed by atoms with van der Waals surface area (Å²) in [6.45, 7) is 0. The highest BCUT2D eigenvalue weighted by Crippen LogP contribution is 2.57. The van der Waals surface area contributed by atoms with E-state index in [0.717, 1.165) is 0 Å². The van der Waals surface area contributed by atoms with Gasteiger partial charge in [0.25, 0.3) is 0 Å². The zero-order valence-electron chi connectivity index (χ0n) is 13.0. The fourth-order valence-corrected chi connectivity index (χ4v) is 5.36. The van der Waals surface area contributed by atoms with E-state index < -0.39 is 0 Å². The summed E-state index contributed by atoms with van der Waals surface area (Å²) in [6.07, 6.45) is 19.5. The average molecular weight is 303 g/mol. The molecule has 2 saturated heterocycles. The number of aromatic hydroxyl groups is 1. The summed E-state index contributed by atoms with van der Waals surface area (Å²) in [5.41, 5.74) is 1.22. The Morgan fingerprint density at radius 2 is 1.57 bits per heavy atom. The minimum atomic E-state index is -0.0749. The Morgan fingerprint density at radius 1 is 0.870 bits per heavy atom. The van der Waals surface area contributed by atoms with Gasteiger partial charge in [-0.2, -0.15) is 0 Å². The Morgan fingerprint density at radius 3 is 2.39 bits per heavy atom. The van der Waals surface area contributed by atoms with E-state index in [1.54, 1.807) is 0 Å². The predicted octanol–water partition coefficient (Wildman–Crippen LogP) is 3.68. The van der Waals surface area contributed by atoms with Crippen molar-refractivity contribution in [2.45, 2.75) is 18.0 Å². The summed E-state index contributed by atoms with van der Waals surface area (Å²) in [4.78, 5) is 0. The average Bonchev–Trinajstić information content (AvgIpc) is 2.87. The number of rotatable bonds is 1. The van der Waals surface area contributed by atoms with E-state index >= 15 is 0 Å². The molecule has 1 aromatic carbocycles. The number of hydrogen-bond acceptors (Lipinski definition) is 2. The summed E-state index contributed by atoms with van der Waals surface area (Å²) in [5.74, 6) is 2.41. The molecule has 2 bridgehead atoms. The summed E-state index contributed by atoms with van der Waals surface area (Å²) < 4.78 is 0. The Balaban J connectivity index is 1.71. The first-order valence-corrected chi connectivity index (χ1v) is 8.56. The summed E-state index contributed by atoms with van der Waals surface area (Å²) in [6, 6.07) is 8.36. The lowest BCUT2D eigenvalue weighted by atomic mass is 9.63. The number of allylic oxidation sites excluding steroid dienone is 5. The van der Waals surface area contributed by atoms with Gasteiger partial charge >= 0.3 is 0 Å². The van der Waals surface area contributed by atoms with Gasteiger partial charge in [-0.3, -0.25) is 0 Å². The maximum absolute atomic E-state index is 9.72. The van der Waals surface area contributed by atoms with Gasteiger partial charge in [-0.25, -0.2) is 0 Å². The molecule has 1 aromatic rings. The zero-order chi connectivity index (χ0) is 15.4. The second-order valence-corrected chi connectivity index (χ2v) is 7.23. The van der Waals surface area contributed by atoms with E-state index in [0.29, 0.717) is 35.5 Å². The molecule has 2 aliphatic carbocycles. The third kappa shape index (κ3) is 1.73. The maximum atomic E-state index is 9.72. The predicted molar refractivity (Wildman–Crippen MR) is 91.8 cm³/mol.